The first-order valence-electron chi connectivity index (χ1n) is 7.07. The van der Waals surface area contributed by atoms with Crippen LogP contribution in [-0.4, -0.2) is 20.7 Å². The number of hydrogen-bond donors (Lipinski definition) is 0. The van der Waals surface area contributed by atoms with Crippen LogP contribution in [0.15, 0.2) is 24.3 Å². The third kappa shape index (κ3) is 5.32. The molecule has 0 aromatic heterocycles. The van der Waals surface area contributed by atoms with E-state index in [1.807, 2.05) is 6.08 Å². The van der Waals surface area contributed by atoms with E-state index < -0.39 is 8.32 Å². The van der Waals surface area contributed by atoms with E-state index in [0.29, 0.717) is 5.57 Å². The molecule has 0 unspecified atom stereocenters. The molecular weight excluding hydrogens is 240 g/mol. The third-order valence-corrected chi connectivity index (χ3v) is 8.21. The highest BCUT2D eigenvalue weighted by molar-refractivity contribution is 6.73. The second-order valence-corrected chi connectivity index (χ2v) is 9.41. The summed E-state index contributed by atoms with van der Waals surface area (Å²) in [6.07, 6.45) is 6.82. The largest absolute Gasteiger partial charge is 0.406 e. The summed E-state index contributed by atoms with van der Waals surface area (Å²) in [6.45, 7) is 12.5. The van der Waals surface area contributed by atoms with Gasteiger partial charge in [0.25, 0.3) is 0 Å². The van der Waals surface area contributed by atoms with Gasteiger partial charge in [0.1, 0.15) is 6.29 Å². The van der Waals surface area contributed by atoms with Gasteiger partial charge in [-0.25, -0.2) is 0 Å². The Kier molecular flexibility index (Phi) is 8.94. The summed E-state index contributed by atoms with van der Waals surface area (Å²) in [4.78, 5) is 10.9. The third-order valence-electron chi connectivity index (χ3n) is 3.59. The van der Waals surface area contributed by atoms with Gasteiger partial charge in [0.05, 0.1) is 6.10 Å². The number of aldehydes is 1. The summed E-state index contributed by atoms with van der Waals surface area (Å²) in [6, 6.07) is 3.26. The van der Waals surface area contributed by atoms with Gasteiger partial charge < -0.3 is 4.43 Å². The highest BCUT2D eigenvalue weighted by atomic mass is 28.4. The molecule has 0 aliphatic carbocycles. The van der Waals surface area contributed by atoms with E-state index in [2.05, 4.69) is 40.3 Å². The molecule has 0 spiro atoms. The summed E-state index contributed by atoms with van der Waals surface area (Å²) in [7, 11) is -1.69. The minimum absolute atomic E-state index is 0.222. The van der Waals surface area contributed by atoms with E-state index in [1.165, 1.54) is 0 Å². The lowest BCUT2D eigenvalue weighted by atomic mass is 10.1. The zero-order valence-electron chi connectivity index (χ0n) is 12.4. The minimum atomic E-state index is -1.69. The Morgan fingerprint density at radius 3 is 2.17 bits per heavy atom. The lowest BCUT2D eigenvalue weighted by Gasteiger charge is -2.32. The van der Waals surface area contributed by atoms with Gasteiger partial charge in [-0.05, 0) is 24.6 Å². The first-order valence-corrected chi connectivity index (χ1v) is 9.60. The standard InChI is InChI=1S/C15H28O2Si/c1-6-10-11-12-15(14(5)13-16)17-18(7-2,8-3)9-4/h11-13,15H,5-10H2,1-4H3/b12-11+/t15-/m0/s1. The van der Waals surface area contributed by atoms with Gasteiger partial charge >= 0.3 is 0 Å². The van der Waals surface area contributed by atoms with Gasteiger partial charge in [-0.2, -0.15) is 0 Å². The summed E-state index contributed by atoms with van der Waals surface area (Å²) in [5.41, 5.74) is 0.537. The van der Waals surface area contributed by atoms with Crippen LogP contribution in [0, 0.1) is 0 Å². The normalized spacial score (nSPS) is 13.8. The van der Waals surface area contributed by atoms with E-state index in [4.69, 9.17) is 4.43 Å². The Bertz CT molecular complexity index is 272. The van der Waals surface area contributed by atoms with Crippen molar-refractivity contribution in [2.24, 2.45) is 0 Å². The molecule has 0 bridgehead atoms. The molecule has 2 nitrogen and oxygen atoms in total. The topological polar surface area (TPSA) is 26.3 Å². The number of carbonyl (C=O) groups excluding carboxylic acids is 1. The van der Waals surface area contributed by atoms with Crippen LogP contribution in [0.3, 0.4) is 0 Å². The molecule has 0 aromatic rings. The average Bonchev–Trinajstić information content (AvgIpc) is 2.42. The highest BCUT2D eigenvalue weighted by Crippen LogP contribution is 2.25. The average molecular weight is 268 g/mol. The molecule has 0 radical (unpaired) electrons. The Labute approximate surface area is 113 Å². The Morgan fingerprint density at radius 1 is 1.22 bits per heavy atom. The molecule has 0 N–H and O–H groups in total. The van der Waals surface area contributed by atoms with Crippen molar-refractivity contribution in [3.63, 3.8) is 0 Å². The molecule has 0 rings (SSSR count). The van der Waals surface area contributed by atoms with E-state index in [1.54, 1.807) is 0 Å². The van der Waals surface area contributed by atoms with Gasteiger partial charge in [-0.15, -0.1) is 0 Å². The fourth-order valence-electron chi connectivity index (χ4n) is 1.96. The van der Waals surface area contributed by atoms with Crippen LogP contribution in [0.25, 0.3) is 0 Å². The molecule has 0 amide bonds. The Morgan fingerprint density at radius 2 is 1.78 bits per heavy atom. The van der Waals surface area contributed by atoms with Crippen LogP contribution in [0.1, 0.15) is 40.5 Å². The number of unbranched alkanes of at least 4 members (excludes halogenated alkanes) is 1. The molecular formula is C15H28O2Si. The molecule has 0 saturated carbocycles. The molecule has 0 saturated heterocycles. The van der Waals surface area contributed by atoms with Gasteiger partial charge in [0.2, 0.25) is 0 Å². The van der Waals surface area contributed by atoms with Crippen LogP contribution >= 0.6 is 0 Å². The lowest BCUT2D eigenvalue weighted by molar-refractivity contribution is -0.105. The Hall–Kier alpha value is -0.673. The van der Waals surface area contributed by atoms with Crippen molar-refractivity contribution in [2.45, 2.75) is 64.8 Å². The van der Waals surface area contributed by atoms with Crippen molar-refractivity contribution < 1.29 is 9.22 Å². The van der Waals surface area contributed by atoms with Crippen LogP contribution in [-0.2, 0) is 9.22 Å². The SMILES string of the molecule is C=C(C=O)[C@H](/C=C/CCC)O[Si](CC)(CC)CC. The first kappa shape index (κ1) is 17.3. The maximum atomic E-state index is 10.9. The van der Waals surface area contributed by atoms with E-state index >= 15 is 0 Å². The van der Waals surface area contributed by atoms with Gasteiger partial charge in [0, 0.05) is 5.57 Å². The molecule has 0 heterocycles. The van der Waals surface area contributed by atoms with E-state index in [9.17, 15) is 4.79 Å². The molecule has 0 aliphatic heterocycles. The van der Waals surface area contributed by atoms with Crippen molar-refractivity contribution in [1.29, 1.82) is 0 Å². The smallest absolute Gasteiger partial charge is 0.193 e. The monoisotopic (exact) mass is 268 g/mol. The number of carbonyl (C=O) groups is 1. The van der Waals surface area contributed by atoms with Gasteiger partial charge in [0.15, 0.2) is 8.32 Å². The zero-order valence-corrected chi connectivity index (χ0v) is 13.4. The van der Waals surface area contributed by atoms with Crippen molar-refractivity contribution in [1.82, 2.24) is 0 Å². The highest BCUT2D eigenvalue weighted by Gasteiger charge is 2.31. The minimum Gasteiger partial charge on any atom is -0.406 e. The quantitative estimate of drug-likeness (QED) is 0.252. The van der Waals surface area contributed by atoms with Crippen LogP contribution in [0.5, 0.6) is 0 Å². The lowest BCUT2D eigenvalue weighted by Crippen LogP contribution is -2.40. The molecule has 0 aliphatic rings. The van der Waals surface area contributed by atoms with Crippen LogP contribution < -0.4 is 0 Å². The molecule has 0 aromatic carbocycles. The molecule has 18 heavy (non-hydrogen) atoms. The maximum Gasteiger partial charge on any atom is 0.193 e. The maximum absolute atomic E-state index is 10.9. The van der Waals surface area contributed by atoms with Crippen molar-refractivity contribution in [2.75, 3.05) is 0 Å². The van der Waals surface area contributed by atoms with Crippen LogP contribution in [0.4, 0.5) is 0 Å². The number of hydrogen-bond acceptors (Lipinski definition) is 2. The van der Waals surface area contributed by atoms with Crippen molar-refractivity contribution in [3.05, 3.63) is 24.3 Å². The fraction of sp³-hybridized carbons (Fsp3) is 0.667. The van der Waals surface area contributed by atoms with Gasteiger partial charge in [-0.1, -0.05) is 52.8 Å². The summed E-state index contributed by atoms with van der Waals surface area (Å²) in [5, 5.41) is 0. The number of allylic oxidation sites excluding steroid dienone is 1. The van der Waals surface area contributed by atoms with Crippen molar-refractivity contribution in [3.8, 4) is 0 Å². The molecule has 1 atom stereocenters. The van der Waals surface area contributed by atoms with E-state index in [0.717, 1.165) is 37.3 Å². The summed E-state index contributed by atoms with van der Waals surface area (Å²) < 4.78 is 6.31. The molecule has 3 heteroatoms. The summed E-state index contributed by atoms with van der Waals surface area (Å²) >= 11 is 0. The van der Waals surface area contributed by atoms with E-state index in [-0.39, 0.29) is 6.10 Å². The molecule has 104 valence electrons. The zero-order chi connectivity index (χ0) is 14.0. The Balaban J connectivity index is 4.86. The second-order valence-electron chi connectivity index (χ2n) is 4.69. The van der Waals surface area contributed by atoms with Crippen molar-refractivity contribution >= 4 is 14.6 Å². The predicted octanol–water partition coefficient (Wildman–Crippen LogP) is 4.49. The second kappa shape index (κ2) is 9.28. The van der Waals surface area contributed by atoms with Crippen LogP contribution in [0.2, 0.25) is 18.1 Å². The fourth-order valence-corrected chi connectivity index (χ4v) is 4.73. The first-order chi connectivity index (χ1) is 8.59. The number of rotatable bonds is 10. The summed E-state index contributed by atoms with van der Waals surface area (Å²) in [5.74, 6) is 0. The molecule has 0 fully saturated rings. The predicted molar refractivity (Wildman–Crippen MR) is 81.3 cm³/mol. The van der Waals surface area contributed by atoms with Gasteiger partial charge in [-0.3, -0.25) is 4.79 Å².